The van der Waals surface area contributed by atoms with Gasteiger partial charge in [-0.25, -0.2) is 13.2 Å². The number of fused-ring (bicyclic) bond motifs is 1. The van der Waals surface area contributed by atoms with Gasteiger partial charge in [0.05, 0.1) is 12.1 Å². The first-order valence-corrected chi connectivity index (χ1v) is 11.2. The number of carboxylic acids is 1. The number of phenolic OH excluding ortho intramolecular Hbond substituents is 1. The first-order valence-electron chi connectivity index (χ1n) is 11.2. The average molecular weight is 478 g/mol. The Hall–Kier alpha value is -3.00. The first-order chi connectivity index (χ1) is 15.9. The van der Waals surface area contributed by atoms with Crippen LogP contribution in [0.5, 0.6) is 5.75 Å². The molecule has 1 heterocycles. The zero-order valence-electron chi connectivity index (χ0n) is 19.5. The van der Waals surface area contributed by atoms with E-state index in [1.165, 1.54) is 18.2 Å². The topological polar surface area (TPSA) is 82.7 Å². The molecule has 0 spiro atoms. The van der Waals surface area contributed by atoms with Gasteiger partial charge in [-0.3, -0.25) is 4.79 Å². The average Bonchev–Trinajstić information content (AvgIpc) is 3.15. The fourth-order valence-electron chi connectivity index (χ4n) is 4.67. The second-order valence-electron chi connectivity index (χ2n) is 9.63. The number of benzene rings is 2. The van der Waals surface area contributed by atoms with Gasteiger partial charge < -0.3 is 19.9 Å². The molecular formula is C26H30F3NO4. The van der Waals surface area contributed by atoms with Crippen LogP contribution in [-0.2, 0) is 15.6 Å². The number of hydrogen-bond donors (Lipinski definition) is 3. The molecule has 8 heteroatoms. The maximum absolute atomic E-state index is 13.7. The van der Waals surface area contributed by atoms with Crippen molar-refractivity contribution in [3.63, 3.8) is 0 Å². The molecule has 2 aromatic carbocycles. The SMILES string of the molecule is CC(C)(CO)c1c([C@](C)(CCC(=O)O)CCC(F)F)c2c(O)cccc2n1-c1ccc(F)cc1. The third-order valence-electron chi connectivity index (χ3n) is 6.50. The van der Waals surface area contributed by atoms with Gasteiger partial charge in [0.1, 0.15) is 11.6 Å². The summed E-state index contributed by atoms with van der Waals surface area (Å²) in [4.78, 5) is 11.5. The van der Waals surface area contributed by atoms with Gasteiger partial charge in [-0.1, -0.05) is 26.8 Å². The smallest absolute Gasteiger partial charge is 0.303 e. The highest BCUT2D eigenvalue weighted by Crippen LogP contribution is 2.49. The lowest BCUT2D eigenvalue weighted by molar-refractivity contribution is -0.137. The van der Waals surface area contributed by atoms with E-state index < -0.39 is 35.5 Å². The van der Waals surface area contributed by atoms with Crippen molar-refractivity contribution in [1.82, 2.24) is 4.57 Å². The highest BCUT2D eigenvalue weighted by Gasteiger charge is 2.40. The van der Waals surface area contributed by atoms with Gasteiger partial charge in [-0.2, -0.15) is 0 Å². The number of rotatable bonds is 10. The van der Waals surface area contributed by atoms with Gasteiger partial charge >= 0.3 is 5.97 Å². The molecule has 0 radical (unpaired) electrons. The van der Waals surface area contributed by atoms with Crippen molar-refractivity contribution in [2.75, 3.05) is 6.61 Å². The van der Waals surface area contributed by atoms with Crippen molar-refractivity contribution in [3.05, 3.63) is 59.5 Å². The molecule has 3 rings (SSSR count). The molecule has 1 aromatic heterocycles. The van der Waals surface area contributed by atoms with Gasteiger partial charge in [0.2, 0.25) is 6.43 Å². The van der Waals surface area contributed by atoms with E-state index in [-0.39, 0.29) is 31.6 Å². The van der Waals surface area contributed by atoms with Crippen molar-refractivity contribution in [1.29, 1.82) is 0 Å². The maximum Gasteiger partial charge on any atom is 0.303 e. The van der Waals surface area contributed by atoms with Gasteiger partial charge in [0.25, 0.3) is 0 Å². The predicted molar refractivity (Wildman–Crippen MR) is 124 cm³/mol. The molecule has 0 aliphatic rings. The van der Waals surface area contributed by atoms with Gasteiger partial charge in [0, 0.05) is 35.0 Å². The second kappa shape index (κ2) is 9.70. The predicted octanol–water partition coefficient (Wildman–Crippen LogP) is 5.91. The summed E-state index contributed by atoms with van der Waals surface area (Å²) in [6, 6.07) is 10.6. The van der Waals surface area contributed by atoms with Crippen molar-refractivity contribution in [2.45, 2.75) is 63.7 Å². The third kappa shape index (κ3) is 4.92. The minimum atomic E-state index is -2.59. The number of alkyl halides is 2. The largest absolute Gasteiger partial charge is 0.507 e. The molecule has 3 N–H and O–H groups in total. The first kappa shape index (κ1) is 25.6. The molecule has 0 bridgehead atoms. The number of nitrogens with zero attached hydrogens (tertiary/aromatic N) is 1. The normalized spacial score (nSPS) is 14.0. The fraction of sp³-hybridized carbons (Fsp3) is 0.423. The van der Waals surface area contributed by atoms with E-state index in [1.807, 2.05) is 0 Å². The zero-order chi connectivity index (χ0) is 25.3. The molecule has 0 unspecified atom stereocenters. The van der Waals surface area contributed by atoms with Gasteiger partial charge in [-0.05, 0) is 60.2 Å². The Kier molecular flexibility index (Phi) is 7.31. The minimum absolute atomic E-state index is 0.0245. The van der Waals surface area contributed by atoms with Crippen molar-refractivity contribution in [3.8, 4) is 11.4 Å². The van der Waals surface area contributed by atoms with Crippen molar-refractivity contribution >= 4 is 16.9 Å². The summed E-state index contributed by atoms with van der Waals surface area (Å²) in [6.07, 6.45) is -3.26. The van der Waals surface area contributed by atoms with E-state index in [0.29, 0.717) is 27.8 Å². The van der Waals surface area contributed by atoms with Crippen LogP contribution in [0.15, 0.2) is 42.5 Å². The number of aromatic hydroxyl groups is 1. The Labute approximate surface area is 196 Å². The van der Waals surface area contributed by atoms with Crippen LogP contribution < -0.4 is 0 Å². The minimum Gasteiger partial charge on any atom is -0.507 e. The number of hydrogen-bond acceptors (Lipinski definition) is 3. The molecule has 5 nitrogen and oxygen atoms in total. The number of aliphatic hydroxyl groups is 1. The van der Waals surface area contributed by atoms with E-state index in [0.717, 1.165) is 0 Å². The Balaban J connectivity index is 2.47. The van der Waals surface area contributed by atoms with E-state index in [9.17, 15) is 33.3 Å². The van der Waals surface area contributed by atoms with E-state index in [1.54, 1.807) is 49.6 Å². The lowest BCUT2D eigenvalue weighted by Crippen LogP contribution is -2.33. The Morgan fingerprint density at radius 3 is 2.26 bits per heavy atom. The molecule has 0 fully saturated rings. The number of carbonyl (C=O) groups is 1. The van der Waals surface area contributed by atoms with Crippen LogP contribution in [0, 0.1) is 5.82 Å². The number of aromatic nitrogens is 1. The van der Waals surface area contributed by atoms with Crippen LogP contribution in [-0.4, -0.2) is 38.9 Å². The highest BCUT2D eigenvalue weighted by atomic mass is 19.3. The summed E-state index contributed by atoms with van der Waals surface area (Å²) >= 11 is 0. The highest BCUT2D eigenvalue weighted by molar-refractivity contribution is 5.94. The lowest BCUT2D eigenvalue weighted by Gasteiger charge is -2.35. The number of aliphatic hydroxyl groups excluding tert-OH is 1. The van der Waals surface area contributed by atoms with Crippen molar-refractivity contribution < 1.29 is 33.3 Å². The molecule has 0 saturated heterocycles. The van der Waals surface area contributed by atoms with Gasteiger partial charge in [0.15, 0.2) is 0 Å². The van der Waals surface area contributed by atoms with E-state index in [2.05, 4.69) is 0 Å². The molecule has 184 valence electrons. The molecule has 34 heavy (non-hydrogen) atoms. The number of aliphatic carboxylic acids is 1. The Morgan fingerprint density at radius 2 is 1.71 bits per heavy atom. The standard InChI is InChI=1S/C26H30F3NO4/c1-25(2,15-31)24-23(26(3,13-11-20(28)29)14-12-21(33)34)22-18(5-4-6-19(22)32)30(24)17-9-7-16(27)8-10-17/h4-10,20,31-32H,11-15H2,1-3H3,(H,33,34)/t26-/m0/s1. The van der Waals surface area contributed by atoms with Crippen molar-refractivity contribution in [2.24, 2.45) is 0 Å². The van der Waals surface area contributed by atoms with Crippen LogP contribution in [0.1, 0.15) is 57.7 Å². The molecule has 1 atom stereocenters. The Morgan fingerprint density at radius 1 is 1.06 bits per heavy atom. The second-order valence-corrected chi connectivity index (χ2v) is 9.63. The molecule has 3 aromatic rings. The molecule has 0 aliphatic heterocycles. The summed E-state index contributed by atoms with van der Waals surface area (Å²) in [5.41, 5.74) is 0.223. The number of carboxylic acid groups (broad SMARTS) is 1. The maximum atomic E-state index is 13.7. The van der Waals surface area contributed by atoms with Gasteiger partial charge in [-0.15, -0.1) is 0 Å². The molecule has 0 saturated carbocycles. The summed E-state index contributed by atoms with van der Waals surface area (Å²) in [6.45, 7) is 4.99. The summed E-state index contributed by atoms with van der Waals surface area (Å²) < 4.78 is 42.2. The van der Waals surface area contributed by atoms with E-state index >= 15 is 0 Å². The van der Waals surface area contributed by atoms with Crippen LogP contribution in [0.4, 0.5) is 13.2 Å². The summed E-state index contributed by atoms with van der Waals surface area (Å²) in [5, 5.41) is 31.1. The number of halogens is 3. The van der Waals surface area contributed by atoms with Crippen LogP contribution >= 0.6 is 0 Å². The zero-order valence-corrected chi connectivity index (χ0v) is 19.5. The van der Waals surface area contributed by atoms with E-state index in [4.69, 9.17) is 0 Å². The summed E-state index contributed by atoms with van der Waals surface area (Å²) in [7, 11) is 0. The number of phenols is 1. The molecular weight excluding hydrogens is 447 g/mol. The fourth-order valence-corrected chi connectivity index (χ4v) is 4.67. The summed E-state index contributed by atoms with van der Waals surface area (Å²) in [5.74, 6) is -1.57. The lowest BCUT2D eigenvalue weighted by atomic mass is 9.70. The van der Waals surface area contributed by atoms with Crippen LogP contribution in [0.3, 0.4) is 0 Å². The quantitative estimate of drug-likeness (QED) is 0.339. The molecule has 0 aliphatic carbocycles. The van der Waals surface area contributed by atoms with Crippen LogP contribution in [0.2, 0.25) is 0 Å². The van der Waals surface area contributed by atoms with Crippen LogP contribution in [0.25, 0.3) is 16.6 Å². The monoisotopic (exact) mass is 477 g/mol. The molecule has 0 amide bonds. The third-order valence-corrected chi connectivity index (χ3v) is 6.50. The Bertz CT molecular complexity index is 1170.